The second-order valence-corrected chi connectivity index (χ2v) is 4.94. The molecule has 1 atom stereocenters. The van der Waals surface area contributed by atoms with Gasteiger partial charge in [-0.05, 0) is 37.0 Å². The average molecular weight is 291 g/mol. The first kappa shape index (κ1) is 12.5. The number of aryl methyl sites for hydroxylation is 2. The molecule has 1 unspecified atom stereocenters. The van der Waals surface area contributed by atoms with Gasteiger partial charge in [-0.3, -0.25) is 4.79 Å². The van der Waals surface area contributed by atoms with Gasteiger partial charge in [-0.25, -0.2) is 0 Å². The molecule has 0 heterocycles. The van der Waals surface area contributed by atoms with Gasteiger partial charge in [-0.1, -0.05) is 28.1 Å². The zero-order valence-corrected chi connectivity index (χ0v) is 11.0. The zero-order valence-electron chi connectivity index (χ0n) is 8.68. The summed E-state index contributed by atoms with van der Waals surface area (Å²) in [5.41, 5.74) is 8.42. The quantitative estimate of drug-likeness (QED) is 0.855. The SMILES string of the molecule is Cc1cc(CC(Cl)C(N)=O)cc(C)c1Br. The van der Waals surface area contributed by atoms with Gasteiger partial charge in [0.05, 0.1) is 0 Å². The van der Waals surface area contributed by atoms with E-state index in [4.69, 9.17) is 17.3 Å². The summed E-state index contributed by atoms with van der Waals surface area (Å²) in [4.78, 5) is 10.8. The molecule has 15 heavy (non-hydrogen) atoms. The number of carbonyl (C=O) groups is 1. The highest BCUT2D eigenvalue weighted by Crippen LogP contribution is 2.23. The van der Waals surface area contributed by atoms with Crippen LogP contribution in [-0.2, 0) is 11.2 Å². The maximum atomic E-state index is 10.8. The van der Waals surface area contributed by atoms with Crippen LogP contribution < -0.4 is 5.73 Å². The predicted octanol–water partition coefficient (Wildman–Crippen LogP) is 2.70. The monoisotopic (exact) mass is 289 g/mol. The third kappa shape index (κ3) is 3.21. The summed E-state index contributed by atoms with van der Waals surface area (Å²) in [6, 6.07) is 4.02. The highest BCUT2D eigenvalue weighted by atomic mass is 79.9. The summed E-state index contributed by atoms with van der Waals surface area (Å²) >= 11 is 9.29. The first-order valence-corrected chi connectivity index (χ1v) is 5.83. The maximum absolute atomic E-state index is 10.8. The van der Waals surface area contributed by atoms with E-state index in [-0.39, 0.29) is 0 Å². The molecule has 82 valence electrons. The molecule has 2 N–H and O–H groups in total. The van der Waals surface area contributed by atoms with E-state index in [0.717, 1.165) is 21.2 Å². The highest BCUT2D eigenvalue weighted by Gasteiger charge is 2.13. The van der Waals surface area contributed by atoms with Crippen LogP contribution in [0, 0.1) is 13.8 Å². The lowest BCUT2D eigenvalue weighted by Crippen LogP contribution is -2.25. The zero-order chi connectivity index (χ0) is 11.6. The lowest BCUT2D eigenvalue weighted by atomic mass is 10.0. The Morgan fingerprint density at radius 2 is 1.93 bits per heavy atom. The normalized spacial score (nSPS) is 12.5. The van der Waals surface area contributed by atoms with E-state index in [0.29, 0.717) is 6.42 Å². The summed E-state index contributed by atoms with van der Waals surface area (Å²) in [7, 11) is 0. The molecule has 1 aromatic rings. The van der Waals surface area contributed by atoms with Crippen LogP contribution >= 0.6 is 27.5 Å². The Morgan fingerprint density at radius 1 is 1.47 bits per heavy atom. The van der Waals surface area contributed by atoms with Crippen molar-refractivity contribution in [1.82, 2.24) is 0 Å². The van der Waals surface area contributed by atoms with Gasteiger partial charge in [0.15, 0.2) is 0 Å². The van der Waals surface area contributed by atoms with E-state index < -0.39 is 11.3 Å². The van der Waals surface area contributed by atoms with Gasteiger partial charge < -0.3 is 5.73 Å². The van der Waals surface area contributed by atoms with Crippen LogP contribution in [0.2, 0.25) is 0 Å². The molecule has 0 saturated carbocycles. The molecule has 0 aliphatic heterocycles. The second kappa shape index (κ2) is 4.99. The number of primary amides is 1. The smallest absolute Gasteiger partial charge is 0.235 e. The van der Waals surface area contributed by atoms with Crippen molar-refractivity contribution in [1.29, 1.82) is 0 Å². The van der Waals surface area contributed by atoms with E-state index in [1.165, 1.54) is 0 Å². The molecule has 0 spiro atoms. The third-order valence-corrected chi connectivity index (χ3v) is 3.84. The summed E-state index contributed by atoms with van der Waals surface area (Å²) in [6.07, 6.45) is 0.478. The van der Waals surface area contributed by atoms with Crippen LogP contribution in [0.3, 0.4) is 0 Å². The lowest BCUT2D eigenvalue weighted by Gasteiger charge is -2.09. The van der Waals surface area contributed by atoms with Gasteiger partial charge in [0.1, 0.15) is 5.38 Å². The van der Waals surface area contributed by atoms with Crippen molar-refractivity contribution in [2.75, 3.05) is 0 Å². The molecule has 0 bridgehead atoms. The van der Waals surface area contributed by atoms with Crippen molar-refractivity contribution >= 4 is 33.4 Å². The molecule has 2 nitrogen and oxygen atoms in total. The average Bonchev–Trinajstić information content (AvgIpc) is 2.13. The molecule has 0 aromatic heterocycles. The van der Waals surface area contributed by atoms with Crippen molar-refractivity contribution < 1.29 is 4.79 Å². The van der Waals surface area contributed by atoms with E-state index in [2.05, 4.69) is 15.9 Å². The molecule has 1 rings (SSSR count). The maximum Gasteiger partial charge on any atom is 0.235 e. The number of nitrogens with two attached hydrogens (primary N) is 1. The Morgan fingerprint density at radius 3 is 2.33 bits per heavy atom. The van der Waals surface area contributed by atoms with Gasteiger partial charge in [0, 0.05) is 4.47 Å². The standard InChI is InChI=1S/C11H13BrClNO/c1-6-3-8(4-7(2)10(6)12)5-9(13)11(14)15/h3-4,9H,5H2,1-2H3,(H2,14,15). The largest absolute Gasteiger partial charge is 0.368 e. The number of halogens is 2. The molecule has 0 aliphatic rings. The van der Waals surface area contributed by atoms with Crippen LogP contribution in [0.5, 0.6) is 0 Å². The van der Waals surface area contributed by atoms with Crippen LogP contribution in [0.15, 0.2) is 16.6 Å². The van der Waals surface area contributed by atoms with Gasteiger partial charge in [0.25, 0.3) is 0 Å². The third-order valence-electron chi connectivity index (χ3n) is 2.22. The molecule has 1 amide bonds. The fraction of sp³-hybridized carbons (Fsp3) is 0.364. The summed E-state index contributed by atoms with van der Waals surface area (Å²) < 4.78 is 1.09. The van der Waals surface area contributed by atoms with Gasteiger partial charge in [0.2, 0.25) is 5.91 Å². The van der Waals surface area contributed by atoms with Crippen LogP contribution in [0.1, 0.15) is 16.7 Å². The van der Waals surface area contributed by atoms with Crippen LogP contribution in [-0.4, -0.2) is 11.3 Å². The fourth-order valence-electron chi connectivity index (χ4n) is 1.46. The Balaban J connectivity index is 2.92. The van der Waals surface area contributed by atoms with E-state index in [9.17, 15) is 4.79 Å². The highest BCUT2D eigenvalue weighted by molar-refractivity contribution is 9.10. The number of hydrogen-bond acceptors (Lipinski definition) is 1. The number of carbonyl (C=O) groups excluding carboxylic acids is 1. The number of hydrogen-bond donors (Lipinski definition) is 1. The number of benzene rings is 1. The number of rotatable bonds is 3. The molecule has 1 aromatic carbocycles. The first-order valence-electron chi connectivity index (χ1n) is 4.61. The molecule has 0 saturated heterocycles. The molecule has 0 aliphatic carbocycles. The minimum atomic E-state index is -0.634. The Kier molecular flexibility index (Phi) is 4.17. The van der Waals surface area contributed by atoms with Crippen molar-refractivity contribution in [3.05, 3.63) is 33.3 Å². The van der Waals surface area contributed by atoms with Crippen LogP contribution in [0.25, 0.3) is 0 Å². The van der Waals surface area contributed by atoms with Gasteiger partial charge in [-0.15, -0.1) is 11.6 Å². The Labute approximate surface area is 103 Å². The molecular formula is C11H13BrClNO. The molecule has 4 heteroatoms. The lowest BCUT2D eigenvalue weighted by molar-refractivity contribution is -0.117. The van der Waals surface area contributed by atoms with Gasteiger partial charge >= 0.3 is 0 Å². The van der Waals surface area contributed by atoms with Crippen molar-refractivity contribution in [2.45, 2.75) is 25.6 Å². The summed E-state index contributed by atoms with van der Waals surface area (Å²) in [5, 5.41) is -0.634. The fourth-order valence-corrected chi connectivity index (χ4v) is 1.87. The van der Waals surface area contributed by atoms with E-state index in [1.54, 1.807) is 0 Å². The molecule has 0 fully saturated rings. The summed E-state index contributed by atoms with van der Waals surface area (Å²) in [6.45, 7) is 4.02. The molecule has 0 radical (unpaired) electrons. The number of amides is 1. The predicted molar refractivity (Wildman–Crippen MR) is 66.2 cm³/mol. The van der Waals surface area contributed by atoms with E-state index in [1.807, 2.05) is 26.0 Å². The van der Waals surface area contributed by atoms with Crippen molar-refractivity contribution in [3.8, 4) is 0 Å². The van der Waals surface area contributed by atoms with Crippen LogP contribution in [0.4, 0.5) is 0 Å². The van der Waals surface area contributed by atoms with Crippen molar-refractivity contribution in [3.63, 3.8) is 0 Å². The van der Waals surface area contributed by atoms with Crippen molar-refractivity contribution in [2.24, 2.45) is 5.73 Å². The minimum Gasteiger partial charge on any atom is -0.368 e. The van der Waals surface area contributed by atoms with Gasteiger partial charge in [-0.2, -0.15) is 0 Å². The summed E-state index contributed by atoms with van der Waals surface area (Å²) in [5.74, 6) is -0.477. The first-order chi connectivity index (χ1) is 6.91. The van der Waals surface area contributed by atoms with E-state index >= 15 is 0 Å². The number of alkyl halides is 1. The Bertz CT molecular complexity index is 369. The topological polar surface area (TPSA) is 43.1 Å². The minimum absolute atomic E-state index is 0.477. The Hall–Kier alpha value is -0.540. The second-order valence-electron chi connectivity index (χ2n) is 3.62. The molecular weight excluding hydrogens is 277 g/mol.